The Kier molecular flexibility index (Phi) is 6.51. The molecular formula is C22H26ClFN2O. The largest absolute Gasteiger partial charge is 0.309 e. The van der Waals surface area contributed by atoms with Crippen LogP contribution < -0.4 is 4.90 Å². The van der Waals surface area contributed by atoms with Gasteiger partial charge in [-0.25, -0.2) is 4.39 Å². The van der Waals surface area contributed by atoms with Crippen LogP contribution in [0.2, 0.25) is 5.02 Å². The van der Waals surface area contributed by atoms with Crippen LogP contribution in [0.1, 0.15) is 32.3 Å². The quantitative estimate of drug-likeness (QED) is 0.708. The van der Waals surface area contributed by atoms with Gasteiger partial charge in [-0.3, -0.25) is 9.69 Å². The molecule has 1 aliphatic heterocycles. The third-order valence-electron chi connectivity index (χ3n) is 5.08. The highest BCUT2D eigenvalue weighted by molar-refractivity contribution is 6.30. The number of rotatable bonds is 5. The van der Waals surface area contributed by atoms with Crippen LogP contribution >= 0.6 is 11.6 Å². The van der Waals surface area contributed by atoms with Crippen molar-refractivity contribution in [2.45, 2.75) is 39.3 Å². The average molecular weight is 389 g/mol. The lowest BCUT2D eigenvalue weighted by Gasteiger charge is -2.39. The highest BCUT2D eigenvalue weighted by atomic mass is 35.5. The predicted octanol–water partition coefficient (Wildman–Crippen LogP) is 5.13. The van der Waals surface area contributed by atoms with E-state index in [1.54, 1.807) is 12.1 Å². The van der Waals surface area contributed by atoms with Crippen molar-refractivity contribution in [1.29, 1.82) is 0 Å². The molecule has 1 saturated heterocycles. The van der Waals surface area contributed by atoms with Crippen molar-refractivity contribution in [2.24, 2.45) is 5.92 Å². The predicted molar refractivity (Wildman–Crippen MR) is 108 cm³/mol. The molecule has 1 amide bonds. The van der Waals surface area contributed by atoms with Crippen LogP contribution in [0.3, 0.4) is 0 Å². The van der Waals surface area contributed by atoms with E-state index in [0.717, 1.165) is 43.2 Å². The number of piperidine rings is 1. The molecule has 0 N–H and O–H groups in total. The van der Waals surface area contributed by atoms with Gasteiger partial charge in [0.2, 0.25) is 5.91 Å². The van der Waals surface area contributed by atoms with Gasteiger partial charge in [0.1, 0.15) is 5.82 Å². The maximum Gasteiger partial charge on any atom is 0.229 e. The minimum atomic E-state index is -0.284. The van der Waals surface area contributed by atoms with E-state index < -0.39 is 0 Å². The minimum absolute atomic E-state index is 0.0951. The van der Waals surface area contributed by atoms with Crippen LogP contribution in [-0.4, -0.2) is 29.9 Å². The Morgan fingerprint density at radius 1 is 1.11 bits per heavy atom. The third kappa shape index (κ3) is 5.08. The number of hydrogen-bond donors (Lipinski definition) is 0. The zero-order chi connectivity index (χ0) is 19.4. The molecule has 5 heteroatoms. The topological polar surface area (TPSA) is 23.6 Å². The van der Waals surface area contributed by atoms with Crippen LogP contribution in [-0.2, 0) is 11.3 Å². The second-order valence-electron chi connectivity index (χ2n) is 7.47. The summed E-state index contributed by atoms with van der Waals surface area (Å²) in [6, 6.07) is 14.3. The molecule has 0 aliphatic carbocycles. The molecule has 0 radical (unpaired) electrons. The van der Waals surface area contributed by atoms with E-state index in [9.17, 15) is 9.18 Å². The summed E-state index contributed by atoms with van der Waals surface area (Å²) < 4.78 is 13.3. The third-order valence-corrected chi connectivity index (χ3v) is 5.33. The molecule has 2 aromatic carbocycles. The van der Waals surface area contributed by atoms with Gasteiger partial charge in [-0.15, -0.1) is 0 Å². The zero-order valence-corrected chi connectivity index (χ0v) is 16.6. The van der Waals surface area contributed by atoms with Crippen molar-refractivity contribution >= 4 is 23.2 Å². The van der Waals surface area contributed by atoms with E-state index in [4.69, 9.17) is 11.6 Å². The summed E-state index contributed by atoms with van der Waals surface area (Å²) in [5.74, 6) is -0.284. The van der Waals surface area contributed by atoms with Gasteiger partial charge in [0, 0.05) is 42.3 Å². The lowest BCUT2D eigenvalue weighted by molar-refractivity contribution is -0.122. The van der Waals surface area contributed by atoms with Crippen molar-refractivity contribution < 1.29 is 9.18 Å². The van der Waals surface area contributed by atoms with Gasteiger partial charge in [0.05, 0.1) is 0 Å². The number of hydrogen-bond acceptors (Lipinski definition) is 2. The standard InChI is InChI=1S/C22H26ClFN2O/c1-16(2)22(27)26(20-9-7-19(24)8-10-20)21-11-13-25(14-12-21)15-17-3-5-18(23)6-4-17/h3-10,16,21H,11-15H2,1-2H3. The first-order chi connectivity index (χ1) is 12.9. The molecule has 3 nitrogen and oxygen atoms in total. The fourth-order valence-electron chi connectivity index (χ4n) is 3.58. The molecule has 3 rings (SSSR count). The van der Waals surface area contributed by atoms with Crippen LogP contribution in [0.5, 0.6) is 0 Å². The summed E-state index contributed by atoms with van der Waals surface area (Å²) >= 11 is 5.96. The molecule has 0 bridgehead atoms. The smallest absolute Gasteiger partial charge is 0.229 e. The van der Waals surface area contributed by atoms with Crippen LogP contribution in [0.15, 0.2) is 48.5 Å². The SMILES string of the molecule is CC(C)C(=O)N(c1ccc(F)cc1)C1CCN(Cc2ccc(Cl)cc2)CC1. The number of amides is 1. The van der Waals surface area contributed by atoms with Crippen LogP contribution in [0, 0.1) is 11.7 Å². The van der Waals surface area contributed by atoms with Crippen LogP contribution in [0.4, 0.5) is 10.1 Å². The van der Waals surface area contributed by atoms with Crippen molar-refractivity contribution in [3.8, 4) is 0 Å². The number of nitrogens with zero attached hydrogens (tertiary/aromatic N) is 2. The molecule has 0 spiro atoms. The Bertz CT molecular complexity index is 753. The van der Waals surface area contributed by atoms with Crippen molar-refractivity contribution in [3.05, 3.63) is 64.9 Å². The summed E-state index contributed by atoms with van der Waals surface area (Å²) in [7, 11) is 0. The normalized spacial score (nSPS) is 15.9. The van der Waals surface area contributed by atoms with Gasteiger partial charge in [0.25, 0.3) is 0 Å². The van der Waals surface area contributed by atoms with Gasteiger partial charge in [-0.2, -0.15) is 0 Å². The van der Waals surface area contributed by atoms with Crippen molar-refractivity contribution in [1.82, 2.24) is 4.90 Å². The molecule has 0 aromatic heterocycles. The van der Waals surface area contributed by atoms with E-state index in [-0.39, 0.29) is 23.7 Å². The maximum atomic E-state index is 13.3. The molecule has 1 heterocycles. The lowest BCUT2D eigenvalue weighted by atomic mass is 9.99. The number of carbonyl (C=O) groups is 1. The van der Waals surface area contributed by atoms with E-state index in [2.05, 4.69) is 17.0 Å². The highest BCUT2D eigenvalue weighted by Crippen LogP contribution is 2.26. The van der Waals surface area contributed by atoms with Gasteiger partial charge >= 0.3 is 0 Å². The number of carbonyl (C=O) groups excluding carboxylic acids is 1. The Morgan fingerprint density at radius 3 is 2.26 bits per heavy atom. The number of likely N-dealkylation sites (tertiary alicyclic amines) is 1. The number of halogens is 2. The van der Waals surface area contributed by atoms with E-state index in [1.807, 2.05) is 30.9 Å². The Hall–Kier alpha value is -1.91. The summed E-state index contributed by atoms with van der Waals surface area (Å²) in [5.41, 5.74) is 2.03. The van der Waals surface area contributed by atoms with E-state index in [1.165, 1.54) is 17.7 Å². The summed E-state index contributed by atoms with van der Waals surface area (Å²) in [4.78, 5) is 17.1. The molecule has 0 unspecified atom stereocenters. The summed E-state index contributed by atoms with van der Waals surface area (Å²) in [6.07, 6.45) is 1.81. The monoisotopic (exact) mass is 388 g/mol. The first-order valence-corrected chi connectivity index (χ1v) is 9.87. The molecule has 1 fully saturated rings. The molecule has 144 valence electrons. The molecule has 0 atom stereocenters. The number of anilines is 1. The lowest BCUT2D eigenvalue weighted by Crippen LogP contribution is -2.48. The Balaban J connectivity index is 1.67. The average Bonchev–Trinajstić information content (AvgIpc) is 2.66. The van der Waals surface area contributed by atoms with Gasteiger partial charge in [-0.1, -0.05) is 37.6 Å². The Labute approximate surface area is 165 Å². The minimum Gasteiger partial charge on any atom is -0.309 e. The molecule has 27 heavy (non-hydrogen) atoms. The van der Waals surface area contributed by atoms with Crippen molar-refractivity contribution in [3.63, 3.8) is 0 Å². The van der Waals surface area contributed by atoms with Gasteiger partial charge < -0.3 is 4.90 Å². The maximum absolute atomic E-state index is 13.3. The molecule has 0 saturated carbocycles. The highest BCUT2D eigenvalue weighted by Gasteiger charge is 2.30. The van der Waals surface area contributed by atoms with Crippen LogP contribution in [0.25, 0.3) is 0 Å². The first kappa shape index (κ1) is 19.8. The molecular weight excluding hydrogens is 363 g/mol. The molecule has 2 aromatic rings. The van der Waals surface area contributed by atoms with E-state index in [0.29, 0.717) is 0 Å². The fraction of sp³-hybridized carbons (Fsp3) is 0.409. The zero-order valence-electron chi connectivity index (χ0n) is 15.9. The van der Waals surface area contributed by atoms with E-state index >= 15 is 0 Å². The number of benzene rings is 2. The van der Waals surface area contributed by atoms with Crippen molar-refractivity contribution in [2.75, 3.05) is 18.0 Å². The second kappa shape index (κ2) is 8.85. The first-order valence-electron chi connectivity index (χ1n) is 9.49. The van der Waals surface area contributed by atoms with Gasteiger partial charge in [-0.05, 0) is 54.8 Å². The molecule has 1 aliphatic rings. The summed E-state index contributed by atoms with van der Waals surface area (Å²) in [5, 5.41) is 0.750. The summed E-state index contributed by atoms with van der Waals surface area (Å²) in [6.45, 7) is 6.56. The Morgan fingerprint density at radius 2 is 1.70 bits per heavy atom. The fourth-order valence-corrected chi connectivity index (χ4v) is 3.71. The second-order valence-corrected chi connectivity index (χ2v) is 7.91. The van der Waals surface area contributed by atoms with Gasteiger partial charge in [0.15, 0.2) is 0 Å².